The number of nitrogens with zero attached hydrogens (tertiary/aromatic N) is 4. The van der Waals surface area contributed by atoms with Gasteiger partial charge in [-0.15, -0.1) is 5.10 Å². The lowest BCUT2D eigenvalue weighted by molar-refractivity contribution is -0.136. The predicted octanol–water partition coefficient (Wildman–Crippen LogP) is 0.997. The first kappa shape index (κ1) is 11.4. The average Bonchev–Trinajstić information content (AvgIpc) is 2.56. The van der Waals surface area contributed by atoms with Crippen molar-refractivity contribution in [3.05, 3.63) is 23.3 Å². The fourth-order valence-corrected chi connectivity index (χ4v) is 1.42. The molecule has 2 aromatic rings. The molecule has 17 heavy (non-hydrogen) atoms. The zero-order valence-electron chi connectivity index (χ0n) is 8.76. The van der Waals surface area contributed by atoms with Gasteiger partial charge in [0.1, 0.15) is 12.1 Å². The number of fused-ring (bicyclic) bond motifs is 1. The standard InChI is InChI=1S/C9H8F2N4O2/c1-4-2-5(8(10)11)15-9(12-4)13-6(14-15)3-7(16)17/h2,8H,3H2,1H3,(H,16,17). The Labute approximate surface area is 93.9 Å². The van der Waals surface area contributed by atoms with Gasteiger partial charge >= 0.3 is 5.97 Å². The number of alkyl halides is 2. The van der Waals surface area contributed by atoms with Gasteiger partial charge in [-0.1, -0.05) is 0 Å². The van der Waals surface area contributed by atoms with E-state index in [9.17, 15) is 13.6 Å². The van der Waals surface area contributed by atoms with Crippen LogP contribution in [0, 0.1) is 6.92 Å². The third kappa shape index (κ3) is 2.19. The summed E-state index contributed by atoms with van der Waals surface area (Å²) in [7, 11) is 0. The molecular weight excluding hydrogens is 234 g/mol. The maximum Gasteiger partial charge on any atom is 0.311 e. The number of halogens is 2. The maximum atomic E-state index is 12.7. The number of hydrogen-bond donors (Lipinski definition) is 1. The number of aromatic nitrogens is 4. The van der Waals surface area contributed by atoms with Crippen molar-refractivity contribution in [2.75, 3.05) is 0 Å². The summed E-state index contributed by atoms with van der Waals surface area (Å²) < 4.78 is 26.3. The lowest BCUT2D eigenvalue weighted by Gasteiger charge is -2.02. The Bertz CT molecular complexity index is 582. The molecule has 2 aromatic heterocycles. The molecular formula is C9H8F2N4O2. The Kier molecular flexibility index (Phi) is 2.70. The normalized spacial score (nSPS) is 11.3. The maximum absolute atomic E-state index is 12.7. The molecule has 0 spiro atoms. The Morgan fingerprint density at radius 2 is 2.24 bits per heavy atom. The number of aryl methyl sites for hydroxylation is 1. The van der Waals surface area contributed by atoms with Crippen LogP contribution in [0.15, 0.2) is 6.07 Å². The minimum absolute atomic E-state index is 0.0171. The number of aliphatic carboxylic acids is 1. The molecule has 0 saturated carbocycles. The molecule has 0 atom stereocenters. The molecule has 0 amide bonds. The van der Waals surface area contributed by atoms with Gasteiger partial charge in [0.2, 0.25) is 0 Å². The first-order valence-corrected chi connectivity index (χ1v) is 4.70. The second-order valence-electron chi connectivity index (χ2n) is 3.43. The van der Waals surface area contributed by atoms with Gasteiger partial charge < -0.3 is 5.11 Å². The van der Waals surface area contributed by atoms with E-state index in [1.54, 1.807) is 6.92 Å². The summed E-state index contributed by atoms with van der Waals surface area (Å²) in [6, 6.07) is 1.19. The van der Waals surface area contributed by atoms with Gasteiger partial charge in [-0.3, -0.25) is 4.79 Å². The first-order chi connectivity index (χ1) is 7.97. The number of hydrogen-bond acceptors (Lipinski definition) is 4. The van der Waals surface area contributed by atoms with Crippen LogP contribution in [0.25, 0.3) is 5.78 Å². The molecule has 1 N–H and O–H groups in total. The molecule has 0 aliphatic heterocycles. The van der Waals surface area contributed by atoms with Crippen molar-refractivity contribution in [3.63, 3.8) is 0 Å². The summed E-state index contributed by atoms with van der Waals surface area (Å²) in [6.45, 7) is 1.55. The van der Waals surface area contributed by atoms with E-state index in [4.69, 9.17) is 5.11 Å². The number of carboxylic acid groups (broad SMARTS) is 1. The van der Waals surface area contributed by atoms with Gasteiger partial charge in [0.25, 0.3) is 12.2 Å². The van der Waals surface area contributed by atoms with Crippen LogP contribution in [0.4, 0.5) is 8.78 Å². The van der Waals surface area contributed by atoms with Crippen LogP contribution in [0.5, 0.6) is 0 Å². The monoisotopic (exact) mass is 242 g/mol. The highest BCUT2D eigenvalue weighted by Gasteiger charge is 2.17. The summed E-state index contributed by atoms with van der Waals surface area (Å²) in [4.78, 5) is 18.2. The van der Waals surface area contributed by atoms with Crippen molar-refractivity contribution in [2.45, 2.75) is 19.8 Å². The van der Waals surface area contributed by atoms with E-state index < -0.39 is 18.8 Å². The molecule has 0 aliphatic carbocycles. The molecule has 0 aliphatic rings. The molecule has 90 valence electrons. The van der Waals surface area contributed by atoms with Gasteiger partial charge in [-0.25, -0.2) is 13.8 Å². The molecule has 0 radical (unpaired) electrons. The van der Waals surface area contributed by atoms with Crippen LogP contribution in [0.3, 0.4) is 0 Å². The van der Waals surface area contributed by atoms with Crippen LogP contribution in [0.2, 0.25) is 0 Å². The number of rotatable bonds is 3. The van der Waals surface area contributed by atoms with E-state index in [0.717, 1.165) is 4.52 Å². The smallest absolute Gasteiger partial charge is 0.311 e. The second kappa shape index (κ2) is 4.04. The van der Waals surface area contributed by atoms with Crippen molar-refractivity contribution < 1.29 is 18.7 Å². The Hall–Kier alpha value is -2.12. The van der Waals surface area contributed by atoms with Crippen LogP contribution in [-0.2, 0) is 11.2 Å². The highest BCUT2D eigenvalue weighted by Crippen LogP contribution is 2.19. The third-order valence-corrected chi connectivity index (χ3v) is 2.04. The lowest BCUT2D eigenvalue weighted by Crippen LogP contribution is -2.04. The van der Waals surface area contributed by atoms with E-state index in [1.807, 2.05) is 0 Å². The number of carboxylic acids is 1. The summed E-state index contributed by atoms with van der Waals surface area (Å²) in [5, 5.41) is 12.3. The summed E-state index contributed by atoms with van der Waals surface area (Å²) >= 11 is 0. The van der Waals surface area contributed by atoms with Crippen molar-refractivity contribution in [3.8, 4) is 0 Å². The van der Waals surface area contributed by atoms with Gasteiger partial charge in [0.05, 0.1) is 0 Å². The average molecular weight is 242 g/mol. The minimum Gasteiger partial charge on any atom is -0.481 e. The zero-order chi connectivity index (χ0) is 12.6. The van der Waals surface area contributed by atoms with Crippen molar-refractivity contribution in [1.29, 1.82) is 0 Å². The molecule has 8 heteroatoms. The Morgan fingerprint density at radius 3 is 2.82 bits per heavy atom. The van der Waals surface area contributed by atoms with Crippen molar-refractivity contribution in [1.82, 2.24) is 19.6 Å². The van der Waals surface area contributed by atoms with E-state index in [0.29, 0.717) is 5.69 Å². The van der Waals surface area contributed by atoms with Gasteiger partial charge in [-0.05, 0) is 13.0 Å². The molecule has 0 aromatic carbocycles. The molecule has 0 unspecified atom stereocenters. The van der Waals surface area contributed by atoms with Crippen molar-refractivity contribution >= 4 is 11.7 Å². The first-order valence-electron chi connectivity index (χ1n) is 4.70. The molecule has 2 rings (SSSR count). The largest absolute Gasteiger partial charge is 0.481 e. The Balaban J connectivity index is 2.59. The third-order valence-electron chi connectivity index (χ3n) is 2.04. The lowest BCUT2D eigenvalue weighted by atomic mass is 10.3. The molecule has 0 bridgehead atoms. The number of carbonyl (C=O) groups is 1. The van der Waals surface area contributed by atoms with Gasteiger partial charge in [-0.2, -0.15) is 9.50 Å². The molecule has 0 fully saturated rings. The minimum atomic E-state index is -2.72. The van der Waals surface area contributed by atoms with E-state index in [2.05, 4.69) is 15.1 Å². The highest BCUT2D eigenvalue weighted by atomic mass is 19.3. The SMILES string of the molecule is Cc1cc(C(F)F)n2nc(CC(=O)O)nc2n1. The van der Waals surface area contributed by atoms with E-state index in [-0.39, 0.29) is 17.3 Å². The van der Waals surface area contributed by atoms with Crippen LogP contribution in [-0.4, -0.2) is 30.7 Å². The summed E-state index contributed by atoms with van der Waals surface area (Å²) in [5.74, 6) is -1.19. The Morgan fingerprint density at radius 1 is 1.53 bits per heavy atom. The fourth-order valence-electron chi connectivity index (χ4n) is 1.42. The molecule has 2 heterocycles. The van der Waals surface area contributed by atoms with E-state index >= 15 is 0 Å². The summed E-state index contributed by atoms with van der Waals surface area (Å²) in [6.07, 6.45) is -3.15. The fraction of sp³-hybridized carbons (Fsp3) is 0.333. The quantitative estimate of drug-likeness (QED) is 0.868. The molecule has 0 saturated heterocycles. The zero-order valence-corrected chi connectivity index (χ0v) is 8.76. The van der Waals surface area contributed by atoms with Crippen LogP contribution in [0.1, 0.15) is 23.6 Å². The summed E-state index contributed by atoms with van der Waals surface area (Å²) in [5.41, 5.74) is 0.0266. The second-order valence-corrected chi connectivity index (χ2v) is 3.43. The van der Waals surface area contributed by atoms with Gasteiger partial charge in [0, 0.05) is 5.69 Å². The topological polar surface area (TPSA) is 80.4 Å². The molecule has 6 nitrogen and oxygen atoms in total. The van der Waals surface area contributed by atoms with E-state index in [1.165, 1.54) is 6.07 Å². The van der Waals surface area contributed by atoms with Gasteiger partial charge in [0.15, 0.2) is 5.82 Å². The van der Waals surface area contributed by atoms with Crippen molar-refractivity contribution in [2.24, 2.45) is 0 Å². The highest BCUT2D eigenvalue weighted by molar-refractivity contribution is 5.69. The van der Waals surface area contributed by atoms with Crippen LogP contribution < -0.4 is 0 Å². The predicted molar refractivity (Wildman–Crippen MR) is 51.8 cm³/mol. The van der Waals surface area contributed by atoms with Crippen LogP contribution >= 0.6 is 0 Å².